The zero-order chi connectivity index (χ0) is 15.7. The zero-order valence-electron chi connectivity index (χ0n) is 10.2. The topological polar surface area (TPSA) is 55.4 Å². The number of unbranched alkanes of at least 4 members (excludes halogenated alkanes) is 1. The van der Waals surface area contributed by atoms with Crippen LogP contribution in [0.1, 0.15) is 25.7 Å². The summed E-state index contributed by atoms with van der Waals surface area (Å²) >= 11 is 0. The highest BCUT2D eigenvalue weighted by Crippen LogP contribution is 2.31. The van der Waals surface area contributed by atoms with Crippen molar-refractivity contribution in [2.45, 2.75) is 37.1 Å². The number of halogens is 6. The van der Waals surface area contributed by atoms with Crippen molar-refractivity contribution in [2.24, 2.45) is 0 Å². The Labute approximate surface area is 107 Å². The van der Waals surface area contributed by atoms with Crippen LogP contribution >= 0.6 is 0 Å². The summed E-state index contributed by atoms with van der Waals surface area (Å²) in [6.07, 6.45) is -8.60. The lowest BCUT2D eigenvalue weighted by atomic mass is 10.2. The van der Waals surface area contributed by atoms with Crippen LogP contribution in [0.25, 0.3) is 0 Å². The molecule has 0 radical (unpaired) electrons. The summed E-state index contributed by atoms with van der Waals surface area (Å²) in [7, 11) is -1.94. The molecule has 0 aromatic carbocycles. The van der Waals surface area contributed by atoms with Gasteiger partial charge in [-0.15, -0.1) is 0 Å². The summed E-state index contributed by atoms with van der Waals surface area (Å²) in [5.74, 6) is 0. The minimum Gasteiger partial charge on any atom is -0.323 e. The van der Waals surface area contributed by atoms with Crippen LogP contribution in [-0.4, -0.2) is 33.9 Å². The molecule has 11 heteroatoms. The fourth-order valence-corrected chi connectivity index (χ4v) is 1.31. The molecule has 118 valence electrons. The van der Waals surface area contributed by atoms with Crippen molar-refractivity contribution in [2.75, 3.05) is 14.1 Å². The van der Waals surface area contributed by atoms with Crippen molar-refractivity contribution in [3.63, 3.8) is 0 Å². The van der Waals surface area contributed by atoms with Gasteiger partial charge in [0.1, 0.15) is 0 Å². The molecule has 0 atom stereocenters. The smallest absolute Gasteiger partial charge is 0.323 e. The summed E-state index contributed by atoms with van der Waals surface area (Å²) in [5.41, 5.74) is 0. The summed E-state index contributed by atoms with van der Waals surface area (Å²) in [6, 6.07) is 0. The highest BCUT2D eigenvalue weighted by atomic mass is 32.2. The number of alkyl halides is 5. The van der Waals surface area contributed by atoms with E-state index >= 15 is 0 Å². The van der Waals surface area contributed by atoms with Gasteiger partial charge in [0, 0.05) is 12.8 Å². The van der Waals surface area contributed by atoms with Crippen LogP contribution in [0.2, 0.25) is 0 Å². The lowest BCUT2D eigenvalue weighted by Crippen LogP contribution is -2.28. The Balaban J connectivity index is 0. The van der Waals surface area contributed by atoms with E-state index in [2.05, 4.69) is 9.70 Å². The van der Waals surface area contributed by atoms with Gasteiger partial charge in [-0.1, -0.05) is 4.39 Å². The Morgan fingerprint density at radius 2 is 1.37 bits per heavy atom. The second kappa shape index (κ2) is 8.59. The maximum atomic E-state index is 12.6. The van der Waals surface area contributed by atoms with E-state index in [9.17, 15) is 34.9 Å². The fraction of sp³-hybridized carbons (Fsp3) is 1.00. The van der Waals surface area contributed by atoms with Crippen LogP contribution < -0.4 is 5.32 Å². The van der Waals surface area contributed by atoms with Crippen molar-refractivity contribution in [3.05, 3.63) is 0 Å². The molecule has 1 N–H and O–H groups in total. The molecule has 0 bridgehead atoms. The van der Waals surface area contributed by atoms with Crippen molar-refractivity contribution >= 4 is 10.1 Å². The summed E-state index contributed by atoms with van der Waals surface area (Å²) in [5, 5.41) is -1.77. The third-order valence-corrected chi connectivity index (χ3v) is 2.73. The van der Waals surface area contributed by atoms with Gasteiger partial charge in [0.2, 0.25) is 0 Å². The summed E-state index contributed by atoms with van der Waals surface area (Å²) in [4.78, 5) is 0. The monoisotopic (exact) mass is 319 g/mol. The molecule has 0 fully saturated rings. The largest absolute Gasteiger partial charge is 0.389 e. The van der Waals surface area contributed by atoms with E-state index in [1.807, 2.05) is 14.1 Å². The van der Waals surface area contributed by atoms with Crippen molar-refractivity contribution in [1.29, 1.82) is 0 Å². The minimum atomic E-state index is -5.69. The maximum Gasteiger partial charge on any atom is 0.389 e. The van der Waals surface area contributed by atoms with Gasteiger partial charge in [0.05, 0.1) is 0 Å². The van der Waals surface area contributed by atoms with Gasteiger partial charge in [-0.25, -0.2) is 0 Å². The molecule has 0 aliphatic rings. The molecular weight excluding hydrogens is 304 g/mol. The van der Waals surface area contributed by atoms with Crippen LogP contribution in [0.3, 0.4) is 0 Å². The molecule has 0 heterocycles. The molecule has 4 nitrogen and oxygen atoms in total. The molecule has 0 amide bonds. The number of hydrogen-bond acceptors (Lipinski definition) is 4. The van der Waals surface area contributed by atoms with Crippen LogP contribution in [0, 0.1) is 0 Å². The van der Waals surface area contributed by atoms with E-state index in [1.54, 1.807) is 0 Å². The second-order valence-corrected chi connectivity index (χ2v) is 5.11. The third kappa shape index (κ3) is 9.96. The van der Waals surface area contributed by atoms with E-state index in [4.69, 9.17) is 0 Å². The highest BCUT2D eigenvalue weighted by Gasteiger charge is 2.46. The van der Waals surface area contributed by atoms with Gasteiger partial charge < -0.3 is 5.32 Å². The third-order valence-electron chi connectivity index (χ3n) is 1.63. The van der Waals surface area contributed by atoms with Gasteiger partial charge in [0.15, 0.2) is 0 Å². The first-order valence-corrected chi connectivity index (χ1v) is 6.42. The summed E-state index contributed by atoms with van der Waals surface area (Å²) < 4.78 is 93.7. The van der Waals surface area contributed by atoms with Crippen LogP contribution in [0.4, 0.5) is 26.5 Å². The SMILES string of the molecule is CNC.O=S(=O)(OF)C(F)(F)CCCCC(F)(F)F. The molecule has 0 aromatic rings. The van der Waals surface area contributed by atoms with E-state index in [0.717, 1.165) is 0 Å². The molecule has 0 rings (SSSR count). The molecule has 0 aliphatic heterocycles. The molecule has 0 saturated carbocycles. The first-order valence-electron chi connectivity index (χ1n) is 5.01. The first kappa shape index (κ1) is 20.8. The van der Waals surface area contributed by atoms with Crippen LogP contribution in [-0.2, 0) is 14.5 Å². The Morgan fingerprint density at radius 1 is 1.00 bits per heavy atom. The Morgan fingerprint density at radius 3 is 1.68 bits per heavy atom. The van der Waals surface area contributed by atoms with Gasteiger partial charge in [-0.05, 0) is 31.5 Å². The fourth-order valence-electron chi connectivity index (χ4n) is 0.827. The standard InChI is InChI=1S/C6H8F6O3S.C2H7N/c7-5(8,9)3-1-2-4-6(10,11)16(13,14)15-12;1-3-2/h1-4H2;3H,1-2H3. The molecule has 0 unspecified atom stereocenters. The predicted octanol–water partition coefficient (Wildman–Crippen LogP) is 2.77. The molecule has 0 aliphatic carbocycles. The number of nitrogens with one attached hydrogen (secondary N) is 1. The highest BCUT2D eigenvalue weighted by molar-refractivity contribution is 7.87. The Bertz CT molecular complexity index is 330. The predicted molar refractivity (Wildman–Crippen MR) is 55.6 cm³/mol. The van der Waals surface area contributed by atoms with Gasteiger partial charge in [-0.3, -0.25) is 0 Å². The quantitative estimate of drug-likeness (QED) is 0.604. The molecular formula is C8H15F6NO3S. The average Bonchev–Trinajstić information content (AvgIpc) is 2.24. The van der Waals surface area contributed by atoms with Gasteiger partial charge in [-0.2, -0.15) is 30.4 Å². The maximum absolute atomic E-state index is 12.6. The minimum absolute atomic E-state index is 0.666. The molecule has 0 saturated heterocycles. The number of rotatable bonds is 6. The van der Waals surface area contributed by atoms with Crippen molar-refractivity contribution < 1.29 is 39.3 Å². The summed E-state index contributed by atoms with van der Waals surface area (Å²) in [6.45, 7) is 0. The normalized spacial score (nSPS) is 12.8. The Hall–Kier alpha value is -0.550. The van der Waals surface area contributed by atoms with E-state index in [1.165, 1.54) is 0 Å². The molecule has 0 spiro atoms. The molecule has 0 aromatic heterocycles. The lowest BCUT2D eigenvalue weighted by Gasteiger charge is -2.13. The van der Waals surface area contributed by atoms with Gasteiger partial charge in [0.25, 0.3) is 0 Å². The van der Waals surface area contributed by atoms with Crippen molar-refractivity contribution in [1.82, 2.24) is 5.32 Å². The van der Waals surface area contributed by atoms with E-state index in [-0.39, 0.29) is 0 Å². The van der Waals surface area contributed by atoms with E-state index < -0.39 is 47.2 Å². The van der Waals surface area contributed by atoms with Crippen molar-refractivity contribution in [3.8, 4) is 0 Å². The Kier molecular flexibility index (Phi) is 9.38. The van der Waals surface area contributed by atoms with E-state index in [0.29, 0.717) is 0 Å². The lowest BCUT2D eigenvalue weighted by molar-refractivity contribution is -0.136. The van der Waals surface area contributed by atoms with Gasteiger partial charge >= 0.3 is 21.5 Å². The molecule has 19 heavy (non-hydrogen) atoms. The van der Waals surface area contributed by atoms with Crippen LogP contribution in [0.5, 0.6) is 0 Å². The van der Waals surface area contributed by atoms with Crippen LogP contribution in [0.15, 0.2) is 0 Å². The first-order chi connectivity index (χ1) is 8.43. The number of hydrogen-bond donors (Lipinski definition) is 1. The average molecular weight is 319 g/mol. The zero-order valence-corrected chi connectivity index (χ0v) is 11.0. The second-order valence-electron chi connectivity index (χ2n) is 3.48.